The monoisotopic (exact) mass is 265 g/mol. The molecule has 0 bridgehead atoms. The molecule has 0 radical (unpaired) electrons. The van der Waals surface area contributed by atoms with Crippen LogP contribution in [-0.2, 0) is 11.2 Å². The molecule has 1 fully saturated rings. The third-order valence-corrected chi connectivity index (χ3v) is 3.18. The Bertz CT molecular complexity index is 393. The van der Waals surface area contributed by atoms with Crippen LogP contribution in [0.4, 0.5) is 11.6 Å². The van der Waals surface area contributed by atoms with Crippen LogP contribution in [0.3, 0.4) is 0 Å². The number of ether oxygens (including phenoxy) is 1. The standard InChI is InChI=1S/C13H23N5O/c1-2-5-11-16-12(8-13(17-11)18-14)15-9-10-6-3-4-7-19-10/h8,10H,2-7,9,14H2,1H3,(H2,15,16,17,18). The van der Waals surface area contributed by atoms with Crippen LogP contribution in [0.2, 0.25) is 0 Å². The number of nitrogens with one attached hydrogen (secondary N) is 2. The van der Waals surface area contributed by atoms with E-state index in [4.69, 9.17) is 10.6 Å². The van der Waals surface area contributed by atoms with Crippen LogP contribution in [0.15, 0.2) is 6.07 Å². The molecule has 2 heterocycles. The van der Waals surface area contributed by atoms with Gasteiger partial charge in [0.05, 0.1) is 6.10 Å². The maximum Gasteiger partial charge on any atom is 0.145 e. The lowest BCUT2D eigenvalue weighted by Gasteiger charge is -2.23. The predicted molar refractivity (Wildman–Crippen MR) is 75.9 cm³/mol. The highest BCUT2D eigenvalue weighted by Crippen LogP contribution is 2.15. The van der Waals surface area contributed by atoms with Gasteiger partial charge in [-0.25, -0.2) is 15.8 Å². The molecular formula is C13H23N5O. The summed E-state index contributed by atoms with van der Waals surface area (Å²) in [5.74, 6) is 7.69. The molecular weight excluding hydrogens is 242 g/mol. The number of aromatic nitrogens is 2. The van der Waals surface area contributed by atoms with Gasteiger partial charge < -0.3 is 15.5 Å². The van der Waals surface area contributed by atoms with Crippen molar-refractivity contribution >= 4 is 11.6 Å². The first-order valence-corrected chi connectivity index (χ1v) is 7.02. The largest absolute Gasteiger partial charge is 0.376 e. The lowest BCUT2D eigenvalue weighted by atomic mass is 10.1. The molecule has 1 saturated heterocycles. The molecule has 0 aromatic carbocycles. The molecule has 2 rings (SSSR count). The Morgan fingerprint density at radius 1 is 1.37 bits per heavy atom. The van der Waals surface area contributed by atoms with Crippen LogP contribution < -0.4 is 16.6 Å². The van der Waals surface area contributed by atoms with Gasteiger partial charge in [-0.15, -0.1) is 0 Å². The fourth-order valence-corrected chi connectivity index (χ4v) is 2.18. The van der Waals surface area contributed by atoms with E-state index in [-0.39, 0.29) is 6.10 Å². The lowest BCUT2D eigenvalue weighted by Crippen LogP contribution is -2.27. The number of hydrogen-bond acceptors (Lipinski definition) is 6. The van der Waals surface area contributed by atoms with E-state index >= 15 is 0 Å². The van der Waals surface area contributed by atoms with Crippen LogP contribution in [0.1, 0.15) is 38.4 Å². The Morgan fingerprint density at radius 3 is 2.89 bits per heavy atom. The maximum absolute atomic E-state index is 5.69. The molecule has 1 aromatic heterocycles. The number of hydrogen-bond donors (Lipinski definition) is 3. The van der Waals surface area contributed by atoms with Gasteiger partial charge in [-0.05, 0) is 25.7 Å². The van der Waals surface area contributed by atoms with Gasteiger partial charge in [-0.2, -0.15) is 0 Å². The molecule has 0 aliphatic carbocycles. The molecule has 1 atom stereocenters. The van der Waals surface area contributed by atoms with Gasteiger partial charge in [0, 0.05) is 25.6 Å². The number of nitrogens with zero attached hydrogens (tertiary/aromatic N) is 2. The van der Waals surface area contributed by atoms with Crippen molar-refractivity contribution in [1.29, 1.82) is 0 Å². The molecule has 0 amide bonds. The van der Waals surface area contributed by atoms with Gasteiger partial charge in [0.2, 0.25) is 0 Å². The Balaban J connectivity index is 1.95. The first kappa shape index (κ1) is 14.0. The van der Waals surface area contributed by atoms with E-state index in [1.807, 2.05) is 6.07 Å². The van der Waals surface area contributed by atoms with Gasteiger partial charge >= 0.3 is 0 Å². The zero-order valence-corrected chi connectivity index (χ0v) is 11.5. The first-order valence-electron chi connectivity index (χ1n) is 7.02. The number of anilines is 2. The van der Waals surface area contributed by atoms with Crippen LogP contribution in [0.25, 0.3) is 0 Å². The highest BCUT2D eigenvalue weighted by molar-refractivity contribution is 5.46. The zero-order valence-electron chi connectivity index (χ0n) is 11.5. The molecule has 4 N–H and O–H groups in total. The molecule has 1 unspecified atom stereocenters. The molecule has 1 aliphatic heterocycles. The van der Waals surface area contributed by atoms with Gasteiger partial charge in [0.15, 0.2) is 0 Å². The van der Waals surface area contributed by atoms with Gasteiger partial charge in [-0.3, -0.25) is 0 Å². The van der Waals surface area contributed by atoms with Crippen molar-refractivity contribution < 1.29 is 4.74 Å². The summed E-state index contributed by atoms with van der Waals surface area (Å²) in [4.78, 5) is 8.80. The van der Waals surface area contributed by atoms with Crippen molar-refractivity contribution in [1.82, 2.24) is 9.97 Å². The second kappa shape index (κ2) is 7.25. The first-order chi connectivity index (χ1) is 9.31. The number of nitrogen functional groups attached to an aromatic ring is 1. The average Bonchev–Trinajstić information content (AvgIpc) is 2.46. The minimum Gasteiger partial charge on any atom is -0.376 e. The minimum atomic E-state index is 0.285. The van der Waals surface area contributed by atoms with E-state index in [1.165, 1.54) is 12.8 Å². The van der Waals surface area contributed by atoms with Gasteiger partial charge in [-0.1, -0.05) is 6.92 Å². The molecule has 0 saturated carbocycles. The van der Waals surface area contributed by atoms with E-state index in [9.17, 15) is 0 Å². The third kappa shape index (κ3) is 4.33. The summed E-state index contributed by atoms with van der Waals surface area (Å²) in [5, 5.41) is 3.32. The summed E-state index contributed by atoms with van der Waals surface area (Å²) in [5.41, 5.74) is 2.58. The Hall–Kier alpha value is -1.40. The topological polar surface area (TPSA) is 85.1 Å². The molecule has 6 heteroatoms. The van der Waals surface area contributed by atoms with Crippen LogP contribution in [-0.4, -0.2) is 29.2 Å². The van der Waals surface area contributed by atoms with Crippen molar-refractivity contribution in [3.63, 3.8) is 0 Å². The highest BCUT2D eigenvalue weighted by atomic mass is 16.5. The average molecular weight is 265 g/mol. The highest BCUT2D eigenvalue weighted by Gasteiger charge is 2.14. The second-order valence-corrected chi connectivity index (χ2v) is 4.82. The number of hydrazine groups is 1. The Kier molecular flexibility index (Phi) is 5.35. The minimum absolute atomic E-state index is 0.285. The molecule has 6 nitrogen and oxygen atoms in total. The number of rotatable bonds is 6. The normalized spacial score (nSPS) is 19.2. The van der Waals surface area contributed by atoms with Gasteiger partial charge in [0.1, 0.15) is 17.5 Å². The summed E-state index contributed by atoms with van der Waals surface area (Å²) in [6.07, 6.45) is 5.68. The smallest absolute Gasteiger partial charge is 0.145 e. The van der Waals surface area contributed by atoms with Crippen LogP contribution in [0, 0.1) is 0 Å². The fourth-order valence-electron chi connectivity index (χ4n) is 2.18. The van der Waals surface area contributed by atoms with Crippen molar-refractivity contribution in [2.45, 2.75) is 45.1 Å². The number of aryl methyl sites for hydroxylation is 1. The predicted octanol–water partition coefficient (Wildman–Crippen LogP) is 1.70. The maximum atomic E-state index is 5.69. The van der Waals surface area contributed by atoms with Crippen molar-refractivity contribution in [2.75, 3.05) is 23.9 Å². The fraction of sp³-hybridized carbons (Fsp3) is 0.692. The quantitative estimate of drug-likeness (QED) is 0.536. The van der Waals surface area contributed by atoms with Crippen LogP contribution in [0.5, 0.6) is 0 Å². The van der Waals surface area contributed by atoms with Crippen LogP contribution >= 0.6 is 0 Å². The SMILES string of the molecule is CCCc1nc(NN)cc(NCC2CCCCO2)n1. The molecule has 19 heavy (non-hydrogen) atoms. The summed E-state index contributed by atoms with van der Waals surface area (Å²) in [6, 6.07) is 1.82. The second-order valence-electron chi connectivity index (χ2n) is 4.82. The van der Waals surface area contributed by atoms with E-state index in [1.54, 1.807) is 0 Å². The molecule has 106 valence electrons. The molecule has 1 aromatic rings. The summed E-state index contributed by atoms with van der Waals surface area (Å²) in [7, 11) is 0. The van der Waals surface area contributed by atoms with Crippen molar-refractivity contribution in [3.05, 3.63) is 11.9 Å². The Morgan fingerprint density at radius 2 is 2.21 bits per heavy atom. The molecule has 0 spiro atoms. The Labute approximate surface area is 114 Å². The van der Waals surface area contributed by atoms with E-state index in [0.29, 0.717) is 5.82 Å². The molecule has 1 aliphatic rings. The lowest BCUT2D eigenvalue weighted by molar-refractivity contribution is 0.0247. The summed E-state index contributed by atoms with van der Waals surface area (Å²) >= 11 is 0. The van der Waals surface area contributed by atoms with E-state index < -0.39 is 0 Å². The van der Waals surface area contributed by atoms with Crippen molar-refractivity contribution in [3.8, 4) is 0 Å². The van der Waals surface area contributed by atoms with E-state index in [0.717, 1.165) is 44.1 Å². The van der Waals surface area contributed by atoms with Gasteiger partial charge in [0.25, 0.3) is 0 Å². The number of nitrogens with two attached hydrogens (primary N) is 1. The van der Waals surface area contributed by atoms with Crippen molar-refractivity contribution in [2.24, 2.45) is 5.84 Å². The van der Waals surface area contributed by atoms with E-state index in [2.05, 4.69) is 27.6 Å². The third-order valence-electron chi connectivity index (χ3n) is 3.18. The summed E-state index contributed by atoms with van der Waals surface area (Å²) < 4.78 is 5.69. The zero-order chi connectivity index (χ0) is 13.5. The summed E-state index contributed by atoms with van der Waals surface area (Å²) in [6.45, 7) is 3.76.